The number of hydrogen-bond acceptors (Lipinski definition) is 4. The van der Waals surface area contributed by atoms with Crippen molar-refractivity contribution in [2.75, 3.05) is 6.61 Å². The fourth-order valence-electron chi connectivity index (χ4n) is 3.95. The molecule has 1 aliphatic carbocycles. The van der Waals surface area contributed by atoms with E-state index in [2.05, 4.69) is 36.5 Å². The second kappa shape index (κ2) is 6.70. The van der Waals surface area contributed by atoms with Gasteiger partial charge in [0.2, 0.25) is 0 Å². The Bertz CT molecular complexity index is 774. The third-order valence-corrected chi connectivity index (χ3v) is 5.10. The molecular weight excluding hydrogens is 314 g/mol. The van der Waals surface area contributed by atoms with Crippen LogP contribution in [0.3, 0.4) is 0 Å². The standard InChI is InChI=1S/C21H25NO3/c1-3-24-19-10-15-8-13(2)25-20(15)11-16(19)12-22-21-17-7-5-4-6-14(17)9-18(21)23/h4-7,10-11,13,18,21-23H,3,8-9,12H2,1-2H3/t13?,18-,21+/m0/s1. The minimum absolute atomic E-state index is 0.0428. The van der Waals surface area contributed by atoms with Crippen LogP contribution in [0.25, 0.3) is 0 Å². The second-order valence-corrected chi connectivity index (χ2v) is 6.96. The van der Waals surface area contributed by atoms with Gasteiger partial charge in [-0.25, -0.2) is 0 Å². The van der Waals surface area contributed by atoms with Crippen molar-refractivity contribution in [3.05, 3.63) is 58.7 Å². The van der Waals surface area contributed by atoms with E-state index in [9.17, 15) is 5.11 Å². The lowest BCUT2D eigenvalue weighted by atomic mass is 10.0. The fourth-order valence-corrected chi connectivity index (χ4v) is 3.95. The number of rotatable bonds is 5. The van der Waals surface area contributed by atoms with E-state index in [0.717, 1.165) is 23.5 Å². The van der Waals surface area contributed by atoms with Crippen molar-refractivity contribution in [2.24, 2.45) is 0 Å². The summed E-state index contributed by atoms with van der Waals surface area (Å²) >= 11 is 0. The van der Waals surface area contributed by atoms with E-state index in [1.54, 1.807) is 0 Å². The quantitative estimate of drug-likeness (QED) is 0.879. The molecule has 0 saturated carbocycles. The monoisotopic (exact) mass is 339 g/mol. The Balaban J connectivity index is 1.56. The normalized spacial score (nSPS) is 23.9. The van der Waals surface area contributed by atoms with E-state index in [1.165, 1.54) is 16.7 Å². The molecule has 3 atom stereocenters. The molecule has 4 nitrogen and oxygen atoms in total. The second-order valence-electron chi connectivity index (χ2n) is 6.96. The lowest BCUT2D eigenvalue weighted by molar-refractivity contribution is 0.140. The van der Waals surface area contributed by atoms with Gasteiger partial charge in [-0.15, -0.1) is 0 Å². The van der Waals surface area contributed by atoms with E-state index in [-0.39, 0.29) is 12.1 Å². The highest BCUT2D eigenvalue weighted by molar-refractivity contribution is 5.49. The van der Waals surface area contributed by atoms with Crippen molar-refractivity contribution >= 4 is 0 Å². The van der Waals surface area contributed by atoms with Gasteiger partial charge in [0, 0.05) is 30.5 Å². The summed E-state index contributed by atoms with van der Waals surface area (Å²) in [5.41, 5.74) is 4.71. The molecule has 0 radical (unpaired) electrons. The minimum atomic E-state index is -0.390. The van der Waals surface area contributed by atoms with Crippen LogP contribution in [-0.2, 0) is 19.4 Å². The van der Waals surface area contributed by atoms with E-state index in [1.807, 2.05) is 19.1 Å². The molecule has 4 rings (SSSR count). The average Bonchev–Trinajstić information content (AvgIpc) is 3.10. The maximum absolute atomic E-state index is 10.4. The summed E-state index contributed by atoms with van der Waals surface area (Å²) in [6, 6.07) is 12.4. The van der Waals surface area contributed by atoms with Crippen molar-refractivity contribution in [1.29, 1.82) is 0 Å². The molecule has 0 aromatic heterocycles. The van der Waals surface area contributed by atoms with Crippen LogP contribution in [-0.4, -0.2) is 23.9 Å². The zero-order valence-corrected chi connectivity index (χ0v) is 14.8. The Morgan fingerprint density at radius 3 is 2.88 bits per heavy atom. The summed E-state index contributed by atoms with van der Waals surface area (Å²) in [7, 11) is 0. The zero-order valence-electron chi connectivity index (χ0n) is 14.8. The number of fused-ring (bicyclic) bond motifs is 2. The largest absolute Gasteiger partial charge is 0.494 e. The predicted molar refractivity (Wildman–Crippen MR) is 97.1 cm³/mol. The molecule has 25 heavy (non-hydrogen) atoms. The molecule has 2 aromatic carbocycles. The summed E-state index contributed by atoms with van der Waals surface area (Å²) < 4.78 is 11.7. The molecular formula is C21H25NO3. The fraction of sp³-hybridized carbons (Fsp3) is 0.429. The van der Waals surface area contributed by atoms with E-state index in [0.29, 0.717) is 19.6 Å². The van der Waals surface area contributed by atoms with Crippen LogP contribution in [0, 0.1) is 0 Å². The van der Waals surface area contributed by atoms with Crippen LogP contribution < -0.4 is 14.8 Å². The Kier molecular flexibility index (Phi) is 4.40. The first-order valence-corrected chi connectivity index (χ1v) is 9.10. The SMILES string of the molecule is CCOc1cc2c(cc1CN[C@@H]1c3ccccc3C[C@@H]1O)OC(C)C2. The van der Waals surface area contributed by atoms with Crippen LogP contribution in [0.4, 0.5) is 0 Å². The Labute approximate surface area is 148 Å². The van der Waals surface area contributed by atoms with Gasteiger partial charge in [-0.2, -0.15) is 0 Å². The highest BCUT2D eigenvalue weighted by Crippen LogP contribution is 2.36. The molecule has 1 heterocycles. The van der Waals surface area contributed by atoms with Gasteiger partial charge in [-0.1, -0.05) is 24.3 Å². The van der Waals surface area contributed by atoms with Crippen LogP contribution >= 0.6 is 0 Å². The third kappa shape index (κ3) is 3.12. The first-order chi connectivity index (χ1) is 12.2. The van der Waals surface area contributed by atoms with Gasteiger partial charge in [0.15, 0.2) is 0 Å². The molecule has 0 saturated heterocycles. The van der Waals surface area contributed by atoms with Crippen LogP contribution in [0.2, 0.25) is 0 Å². The Hall–Kier alpha value is -2.04. The van der Waals surface area contributed by atoms with Gasteiger partial charge in [0.1, 0.15) is 17.6 Å². The minimum Gasteiger partial charge on any atom is -0.494 e. The molecule has 2 N–H and O–H groups in total. The van der Waals surface area contributed by atoms with Crippen molar-refractivity contribution in [3.63, 3.8) is 0 Å². The number of nitrogens with one attached hydrogen (secondary N) is 1. The molecule has 2 aliphatic rings. The van der Waals surface area contributed by atoms with Crippen LogP contribution in [0.1, 0.15) is 42.1 Å². The number of aliphatic hydroxyl groups is 1. The van der Waals surface area contributed by atoms with Gasteiger partial charge in [-0.05, 0) is 37.1 Å². The smallest absolute Gasteiger partial charge is 0.124 e. The summed E-state index contributed by atoms with van der Waals surface area (Å²) in [5, 5.41) is 14.0. The van der Waals surface area contributed by atoms with Crippen LogP contribution in [0.15, 0.2) is 36.4 Å². The molecule has 0 fully saturated rings. The van der Waals surface area contributed by atoms with E-state index < -0.39 is 6.10 Å². The lowest BCUT2D eigenvalue weighted by Crippen LogP contribution is -2.28. The van der Waals surface area contributed by atoms with E-state index in [4.69, 9.17) is 9.47 Å². The molecule has 0 amide bonds. The highest BCUT2D eigenvalue weighted by atomic mass is 16.5. The first kappa shape index (κ1) is 16.4. The molecule has 1 aliphatic heterocycles. The van der Waals surface area contributed by atoms with Gasteiger partial charge < -0.3 is 19.9 Å². The van der Waals surface area contributed by atoms with Gasteiger partial charge in [-0.3, -0.25) is 0 Å². The summed E-state index contributed by atoms with van der Waals surface area (Å²) in [4.78, 5) is 0. The topological polar surface area (TPSA) is 50.7 Å². The van der Waals surface area contributed by atoms with Gasteiger partial charge in [0.05, 0.1) is 18.8 Å². The summed E-state index contributed by atoms with van der Waals surface area (Å²) in [5.74, 6) is 1.87. The maximum atomic E-state index is 10.4. The Morgan fingerprint density at radius 2 is 2.04 bits per heavy atom. The summed E-state index contributed by atoms with van der Waals surface area (Å²) in [6.45, 7) is 5.36. The molecule has 0 spiro atoms. The molecule has 1 unspecified atom stereocenters. The van der Waals surface area contributed by atoms with Crippen molar-refractivity contribution < 1.29 is 14.6 Å². The highest BCUT2D eigenvalue weighted by Gasteiger charge is 2.30. The maximum Gasteiger partial charge on any atom is 0.124 e. The molecule has 132 valence electrons. The first-order valence-electron chi connectivity index (χ1n) is 9.10. The number of hydrogen-bond donors (Lipinski definition) is 2. The third-order valence-electron chi connectivity index (χ3n) is 5.10. The molecule has 2 aromatic rings. The van der Waals surface area contributed by atoms with Crippen molar-refractivity contribution in [3.8, 4) is 11.5 Å². The molecule has 4 heteroatoms. The predicted octanol–water partition coefficient (Wildman–Crippen LogP) is 3.16. The number of aliphatic hydroxyl groups excluding tert-OH is 1. The molecule has 0 bridgehead atoms. The van der Waals surface area contributed by atoms with Gasteiger partial charge in [0.25, 0.3) is 0 Å². The Morgan fingerprint density at radius 1 is 1.20 bits per heavy atom. The van der Waals surface area contributed by atoms with Crippen molar-refractivity contribution in [2.45, 2.75) is 51.5 Å². The zero-order chi connectivity index (χ0) is 17.4. The van der Waals surface area contributed by atoms with E-state index >= 15 is 0 Å². The average molecular weight is 339 g/mol. The summed E-state index contributed by atoms with van der Waals surface area (Å²) in [6.07, 6.45) is 1.46. The van der Waals surface area contributed by atoms with Crippen LogP contribution in [0.5, 0.6) is 11.5 Å². The number of ether oxygens (including phenoxy) is 2. The van der Waals surface area contributed by atoms with Crippen molar-refractivity contribution in [1.82, 2.24) is 5.32 Å². The van der Waals surface area contributed by atoms with Gasteiger partial charge >= 0.3 is 0 Å². The number of benzene rings is 2. The lowest BCUT2D eigenvalue weighted by Gasteiger charge is -2.20.